The SMILES string of the molecule is CCCCCCCCCCCCCCCCCCCOOS(=O)(=O)OCCOCCOCC. The Morgan fingerprint density at radius 1 is 0.485 bits per heavy atom. The van der Waals surface area contributed by atoms with Gasteiger partial charge in [-0.2, -0.15) is 8.42 Å². The number of hydrogen-bond donors (Lipinski definition) is 0. The van der Waals surface area contributed by atoms with Gasteiger partial charge < -0.3 is 9.47 Å². The van der Waals surface area contributed by atoms with Crippen LogP contribution in [0.3, 0.4) is 0 Å². The molecule has 0 aromatic rings. The summed E-state index contributed by atoms with van der Waals surface area (Å²) in [6.07, 6.45) is 22.1. The van der Waals surface area contributed by atoms with E-state index in [9.17, 15) is 8.42 Å². The smallest absolute Gasteiger partial charge is 0.379 e. The summed E-state index contributed by atoms with van der Waals surface area (Å²) in [4.78, 5) is 4.76. The van der Waals surface area contributed by atoms with E-state index < -0.39 is 10.4 Å². The molecule has 0 atom stereocenters. The van der Waals surface area contributed by atoms with Crippen LogP contribution in [-0.2, 0) is 33.3 Å². The van der Waals surface area contributed by atoms with E-state index in [2.05, 4.69) is 15.4 Å². The van der Waals surface area contributed by atoms with Crippen LogP contribution >= 0.6 is 0 Å². The molecule has 0 fully saturated rings. The maximum Gasteiger partial charge on any atom is 0.426 e. The van der Waals surface area contributed by atoms with Gasteiger partial charge in [-0.15, -0.1) is 0 Å². The van der Waals surface area contributed by atoms with E-state index in [1.54, 1.807) is 0 Å². The summed E-state index contributed by atoms with van der Waals surface area (Å²) in [7, 11) is -4.14. The Labute approximate surface area is 204 Å². The van der Waals surface area contributed by atoms with Crippen LogP contribution in [0.25, 0.3) is 0 Å². The Morgan fingerprint density at radius 2 is 0.909 bits per heavy atom. The van der Waals surface area contributed by atoms with Crippen molar-refractivity contribution in [3.05, 3.63) is 0 Å². The monoisotopic (exact) mass is 496 g/mol. The van der Waals surface area contributed by atoms with Crippen molar-refractivity contribution in [2.45, 2.75) is 123 Å². The van der Waals surface area contributed by atoms with E-state index in [1.165, 1.54) is 89.9 Å². The number of unbranched alkanes of at least 4 members (excludes halogenated alkanes) is 16. The zero-order valence-electron chi connectivity index (χ0n) is 21.5. The van der Waals surface area contributed by atoms with Gasteiger partial charge in [0.2, 0.25) is 0 Å². The molecule has 0 aliphatic heterocycles. The quantitative estimate of drug-likeness (QED) is 0.0662. The highest BCUT2D eigenvalue weighted by molar-refractivity contribution is 7.81. The van der Waals surface area contributed by atoms with Gasteiger partial charge in [0, 0.05) is 6.61 Å². The Balaban J connectivity index is 3.24. The van der Waals surface area contributed by atoms with Gasteiger partial charge in [0.1, 0.15) is 0 Å². The Morgan fingerprint density at radius 3 is 1.39 bits per heavy atom. The van der Waals surface area contributed by atoms with Gasteiger partial charge in [-0.1, -0.05) is 114 Å². The zero-order chi connectivity index (χ0) is 24.3. The van der Waals surface area contributed by atoms with Gasteiger partial charge in [0.05, 0.1) is 33.0 Å². The van der Waals surface area contributed by atoms with Crippen molar-refractivity contribution in [1.29, 1.82) is 0 Å². The van der Waals surface area contributed by atoms with Crippen molar-refractivity contribution in [2.75, 3.05) is 39.6 Å². The fourth-order valence-corrected chi connectivity index (χ4v) is 4.06. The lowest BCUT2D eigenvalue weighted by Crippen LogP contribution is -2.16. The van der Waals surface area contributed by atoms with E-state index in [1.807, 2.05) is 6.92 Å². The molecule has 0 spiro atoms. The minimum absolute atomic E-state index is 0.114. The van der Waals surface area contributed by atoms with E-state index in [0.29, 0.717) is 19.8 Å². The molecule has 0 heterocycles. The molecule has 0 bridgehead atoms. The van der Waals surface area contributed by atoms with Gasteiger partial charge in [-0.05, 0) is 13.3 Å². The number of ether oxygens (including phenoxy) is 2. The normalized spacial score (nSPS) is 11.9. The van der Waals surface area contributed by atoms with Crippen LogP contribution < -0.4 is 0 Å². The molecule has 200 valence electrons. The van der Waals surface area contributed by atoms with E-state index in [0.717, 1.165) is 19.3 Å². The van der Waals surface area contributed by atoms with Crippen molar-refractivity contribution < 1.29 is 31.3 Å². The lowest BCUT2D eigenvalue weighted by molar-refractivity contribution is -0.210. The molecule has 0 rings (SSSR count). The Kier molecular flexibility index (Phi) is 26.2. The molecular formula is C25H52O7S. The average Bonchev–Trinajstić information content (AvgIpc) is 2.80. The predicted molar refractivity (Wildman–Crippen MR) is 133 cm³/mol. The molecule has 0 aliphatic carbocycles. The van der Waals surface area contributed by atoms with Crippen LogP contribution in [-0.4, -0.2) is 48.1 Å². The van der Waals surface area contributed by atoms with E-state index in [4.69, 9.17) is 14.4 Å². The highest BCUT2D eigenvalue weighted by Gasteiger charge is 2.13. The first-order valence-corrected chi connectivity index (χ1v) is 14.8. The third-order valence-electron chi connectivity index (χ3n) is 5.49. The third-order valence-corrected chi connectivity index (χ3v) is 6.21. The first-order valence-electron chi connectivity index (χ1n) is 13.5. The average molecular weight is 497 g/mol. The highest BCUT2D eigenvalue weighted by Crippen LogP contribution is 2.14. The summed E-state index contributed by atoms with van der Waals surface area (Å²) < 4.78 is 42.3. The lowest BCUT2D eigenvalue weighted by Gasteiger charge is -2.06. The molecule has 0 N–H and O–H groups in total. The van der Waals surface area contributed by atoms with Crippen molar-refractivity contribution >= 4 is 10.4 Å². The Hall–Kier alpha value is -0.250. The van der Waals surface area contributed by atoms with E-state index in [-0.39, 0.29) is 19.8 Å². The molecule has 0 aromatic heterocycles. The van der Waals surface area contributed by atoms with Crippen molar-refractivity contribution in [1.82, 2.24) is 0 Å². The molecule has 0 unspecified atom stereocenters. The molecule has 0 aromatic carbocycles. The summed E-state index contributed by atoms with van der Waals surface area (Å²) in [6.45, 7) is 5.94. The standard InChI is InChI=1S/C25H52O7S/c1-3-5-6-7-8-9-10-11-12-13-14-15-16-17-18-19-20-21-30-32-33(26,27)31-25-24-29-23-22-28-4-2/h3-25H2,1-2H3. The lowest BCUT2D eigenvalue weighted by atomic mass is 10.0. The van der Waals surface area contributed by atoms with Crippen LogP contribution in [0.2, 0.25) is 0 Å². The molecular weight excluding hydrogens is 444 g/mol. The second-order valence-corrected chi connectivity index (χ2v) is 9.77. The van der Waals surface area contributed by atoms with Gasteiger partial charge in [-0.25, -0.2) is 9.07 Å². The molecule has 0 radical (unpaired) electrons. The molecule has 8 heteroatoms. The largest absolute Gasteiger partial charge is 0.426 e. The highest BCUT2D eigenvalue weighted by atomic mass is 32.3. The molecule has 0 aliphatic rings. The van der Waals surface area contributed by atoms with Crippen molar-refractivity contribution in [3.63, 3.8) is 0 Å². The van der Waals surface area contributed by atoms with Gasteiger partial charge in [-0.3, -0.25) is 0 Å². The van der Waals surface area contributed by atoms with Crippen molar-refractivity contribution in [2.24, 2.45) is 0 Å². The summed E-state index contributed by atoms with van der Waals surface area (Å²) in [5.74, 6) is 0. The van der Waals surface area contributed by atoms with Crippen molar-refractivity contribution in [3.8, 4) is 0 Å². The van der Waals surface area contributed by atoms with Gasteiger partial charge in [0.15, 0.2) is 0 Å². The number of rotatable bonds is 28. The molecule has 7 nitrogen and oxygen atoms in total. The fraction of sp³-hybridized carbons (Fsp3) is 1.00. The number of hydrogen-bond acceptors (Lipinski definition) is 7. The van der Waals surface area contributed by atoms with Crippen LogP contribution in [0.4, 0.5) is 0 Å². The second kappa shape index (κ2) is 26.4. The van der Waals surface area contributed by atoms with Crippen LogP contribution in [0.1, 0.15) is 123 Å². The molecule has 0 saturated heterocycles. The molecule has 0 saturated carbocycles. The minimum Gasteiger partial charge on any atom is -0.379 e. The first kappa shape index (κ1) is 32.8. The minimum atomic E-state index is -4.14. The second-order valence-electron chi connectivity index (χ2n) is 8.59. The van der Waals surface area contributed by atoms with E-state index >= 15 is 0 Å². The fourth-order valence-electron chi connectivity index (χ4n) is 3.56. The Bertz CT molecular complexity index is 471. The maximum atomic E-state index is 11.5. The summed E-state index contributed by atoms with van der Waals surface area (Å²) in [5, 5.41) is 0. The molecule has 33 heavy (non-hydrogen) atoms. The summed E-state index contributed by atoms with van der Waals surface area (Å²) >= 11 is 0. The first-order chi connectivity index (χ1) is 16.1. The molecule has 0 amide bonds. The van der Waals surface area contributed by atoms with Crippen LogP contribution in [0.15, 0.2) is 0 Å². The van der Waals surface area contributed by atoms with Crippen LogP contribution in [0, 0.1) is 0 Å². The topological polar surface area (TPSA) is 80.3 Å². The predicted octanol–water partition coefficient (Wildman–Crippen LogP) is 6.90. The van der Waals surface area contributed by atoms with Gasteiger partial charge in [0.25, 0.3) is 0 Å². The maximum absolute atomic E-state index is 11.5. The third kappa shape index (κ3) is 27.9. The summed E-state index contributed by atoms with van der Waals surface area (Å²) in [5.41, 5.74) is 0. The zero-order valence-corrected chi connectivity index (χ0v) is 22.3. The summed E-state index contributed by atoms with van der Waals surface area (Å²) in [6, 6.07) is 0. The van der Waals surface area contributed by atoms with Gasteiger partial charge >= 0.3 is 10.4 Å². The van der Waals surface area contributed by atoms with Crippen LogP contribution in [0.5, 0.6) is 0 Å².